The van der Waals surface area contributed by atoms with E-state index in [1.165, 1.54) is 31.4 Å². The van der Waals surface area contributed by atoms with E-state index in [1.807, 2.05) is 24.3 Å². The van der Waals surface area contributed by atoms with E-state index >= 15 is 0 Å². The molecule has 1 heterocycles. The van der Waals surface area contributed by atoms with Crippen LogP contribution in [-0.4, -0.2) is 18.1 Å². The van der Waals surface area contributed by atoms with Crippen LogP contribution in [0.25, 0.3) is 33.3 Å². The smallest absolute Gasteiger partial charge is 0.338 e. The molecule has 0 atom stereocenters. The molecule has 5 heteroatoms. The number of halogens is 2. The molecule has 144 valence electrons. The van der Waals surface area contributed by atoms with Gasteiger partial charge in [-0.25, -0.2) is 18.6 Å². The number of carbonyl (C=O) groups is 1. The summed E-state index contributed by atoms with van der Waals surface area (Å²) in [4.78, 5) is 17.0. The van der Waals surface area contributed by atoms with Crippen LogP contribution in [0.4, 0.5) is 8.78 Å². The van der Waals surface area contributed by atoms with Gasteiger partial charge in [0.2, 0.25) is 0 Å². The van der Waals surface area contributed by atoms with Crippen molar-refractivity contribution < 1.29 is 18.3 Å². The fourth-order valence-electron chi connectivity index (χ4n) is 3.48. The second-order valence-corrected chi connectivity index (χ2v) is 6.67. The van der Waals surface area contributed by atoms with Gasteiger partial charge in [0.15, 0.2) is 0 Å². The van der Waals surface area contributed by atoms with Gasteiger partial charge in [-0.2, -0.15) is 0 Å². The molecule has 0 amide bonds. The number of carbonyl (C=O) groups excluding carboxylic acids is 1. The third-order valence-corrected chi connectivity index (χ3v) is 4.92. The zero-order chi connectivity index (χ0) is 20.5. The Morgan fingerprint density at radius 2 is 1.62 bits per heavy atom. The van der Waals surface area contributed by atoms with Gasteiger partial charge in [0.1, 0.15) is 11.6 Å². The molecule has 0 saturated carbocycles. The van der Waals surface area contributed by atoms with Crippen molar-refractivity contribution in [2.24, 2.45) is 0 Å². The van der Waals surface area contributed by atoms with Crippen LogP contribution in [0.15, 0.2) is 66.7 Å². The summed E-state index contributed by atoms with van der Waals surface area (Å²) in [5.41, 5.74) is 3.96. The molecule has 0 spiro atoms. The summed E-state index contributed by atoms with van der Waals surface area (Å²) in [6.45, 7) is 1.75. The van der Waals surface area contributed by atoms with Gasteiger partial charge in [-0.05, 0) is 42.3 Å². The molecule has 1 aromatic heterocycles. The highest BCUT2D eigenvalue weighted by Gasteiger charge is 2.20. The van der Waals surface area contributed by atoms with Crippen LogP contribution < -0.4 is 0 Å². The first-order chi connectivity index (χ1) is 14.0. The van der Waals surface area contributed by atoms with Gasteiger partial charge < -0.3 is 4.74 Å². The van der Waals surface area contributed by atoms with Crippen molar-refractivity contribution in [2.75, 3.05) is 7.11 Å². The van der Waals surface area contributed by atoms with Gasteiger partial charge in [-0.1, -0.05) is 42.5 Å². The molecule has 0 radical (unpaired) electrons. The van der Waals surface area contributed by atoms with Crippen LogP contribution >= 0.6 is 0 Å². The topological polar surface area (TPSA) is 39.2 Å². The Morgan fingerprint density at radius 3 is 2.31 bits per heavy atom. The predicted octanol–water partition coefficient (Wildman–Crippen LogP) is 5.94. The third kappa shape index (κ3) is 3.36. The maximum absolute atomic E-state index is 14.1. The largest absolute Gasteiger partial charge is 0.465 e. The van der Waals surface area contributed by atoms with Gasteiger partial charge in [0.05, 0.1) is 23.9 Å². The van der Waals surface area contributed by atoms with Gasteiger partial charge >= 0.3 is 5.97 Å². The number of rotatable bonds is 3. The van der Waals surface area contributed by atoms with Gasteiger partial charge in [-0.15, -0.1) is 0 Å². The van der Waals surface area contributed by atoms with E-state index in [0.717, 1.165) is 11.1 Å². The van der Waals surface area contributed by atoms with Crippen molar-refractivity contribution in [1.29, 1.82) is 0 Å². The van der Waals surface area contributed by atoms with E-state index in [0.29, 0.717) is 27.7 Å². The second-order valence-electron chi connectivity index (χ2n) is 6.67. The maximum atomic E-state index is 14.1. The number of benzene rings is 3. The molecule has 0 saturated heterocycles. The molecule has 3 nitrogen and oxygen atoms in total. The fraction of sp³-hybridized carbons (Fsp3) is 0.0833. The summed E-state index contributed by atoms with van der Waals surface area (Å²) in [5, 5.41) is 0.404. The van der Waals surface area contributed by atoms with Crippen LogP contribution in [0.2, 0.25) is 0 Å². The number of nitrogens with zero attached hydrogens (tertiary/aromatic N) is 1. The van der Waals surface area contributed by atoms with E-state index in [9.17, 15) is 13.6 Å². The molecule has 0 unspecified atom stereocenters. The molecule has 0 bridgehead atoms. The van der Waals surface area contributed by atoms with E-state index < -0.39 is 11.8 Å². The molecule has 3 aromatic carbocycles. The number of hydrogen-bond acceptors (Lipinski definition) is 3. The molecular formula is C24H17F2NO2. The summed E-state index contributed by atoms with van der Waals surface area (Å²) >= 11 is 0. The summed E-state index contributed by atoms with van der Waals surface area (Å²) in [6.07, 6.45) is 0. The molecule has 0 N–H and O–H groups in total. The second kappa shape index (κ2) is 7.43. The molecule has 29 heavy (non-hydrogen) atoms. The number of fused-ring (bicyclic) bond motifs is 1. The first kappa shape index (κ1) is 18.7. The van der Waals surface area contributed by atoms with Crippen LogP contribution in [0.5, 0.6) is 0 Å². The SMILES string of the molecule is COC(=O)c1c(C)c(-c2ccc(-c3ccccc3F)cc2)nc2ccc(F)cc12. The molecule has 0 fully saturated rings. The Labute approximate surface area is 166 Å². The quantitative estimate of drug-likeness (QED) is 0.407. The summed E-state index contributed by atoms with van der Waals surface area (Å²) < 4.78 is 32.7. The predicted molar refractivity (Wildman–Crippen MR) is 109 cm³/mol. The molecule has 0 aliphatic rings. The molecule has 4 aromatic rings. The van der Waals surface area contributed by atoms with Crippen LogP contribution in [0.1, 0.15) is 15.9 Å². The Balaban J connectivity index is 1.88. The number of pyridine rings is 1. The first-order valence-corrected chi connectivity index (χ1v) is 9.03. The maximum Gasteiger partial charge on any atom is 0.338 e. The Morgan fingerprint density at radius 1 is 0.931 bits per heavy atom. The van der Waals surface area contributed by atoms with Crippen molar-refractivity contribution in [2.45, 2.75) is 6.92 Å². The average Bonchev–Trinajstić information content (AvgIpc) is 2.73. The van der Waals surface area contributed by atoms with Crippen molar-refractivity contribution in [1.82, 2.24) is 4.98 Å². The lowest BCUT2D eigenvalue weighted by Gasteiger charge is -2.14. The lowest BCUT2D eigenvalue weighted by atomic mass is 9.96. The number of aromatic nitrogens is 1. The molecule has 4 rings (SSSR count). The zero-order valence-electron chi connectivity index (χ0n) is 15.9. The summed E-state index contributed by atoms with van der Waals surface area (Å²) in [6, 6.07) is 17.9. The van der Waals surface area contributed by atoms with Crippen LogP contribution in [0.3, 0.4) is 0 Å². The highest BCUT2D eigenvalue weighted by atomic mass is 19.1. The minimum absolute atomic E-state index is 0.283. The molecule has 0 aliphatic carbocycles. The average molecular weight is 389 g/mol. The van der Waals surface area contributed by atoms with Crippen molar-refractivity contribution in [3.63, 3.8) is 0 Å². The van der Waals surface area contributed by atoms with E-state index in [-0.39, 0.29) is 11.4 Å². The monoisotopic (exact) mass is 389 g/mol. The zero-order valence-corrected chi connectivity index (χ0v) is 15.9. The van der Waals surface area contributed by atoms with E-state index in [4.69, 9.17) is 4.74 Å². The van der Waals surface area contributed by atoms with Crippen molar-refractivity contribution >= 4 is 16.9 Å². The number of ether oxygens (including phenoxy) is 1. The Bertz CT molecular complexity index is 1230. The normalized spacial score (nSPS) is 10.9. The lowest BCUT2D eigenvalue weighted by molar-refractivity contribution is 0.0602. The van der Waals surface area contributed by atoms with Crippen LogP contribution in [0, 0.1) is 18.6 Å². The fourth-order valence-corrected chi connectivity index (χ4v) is 3.48. The number of esters is 1. The highest BCUT2D eigenvalue weighted by molar-refractivity contribution is 6.06. The molecule has 0 aliphatic heterocycles. The van der Waals surface area contributed by atoms with Gasteiger partial charge in [0.25, 0.3) is 0 Å². The minimum Gasteiger partial charge on any atom is -0.465 e. The van der Waals surface area contributed by atoms with Crippen molar-refractivity contribution in [3.8, 4) is 22.4 Å². The molecular weight excluding hydrogens is 372 g/mol. The van der Waals surface area contributed by atoms with Gasteiger partial charge in [0, 0.05) is 16.5 Å². The van der Waals surface area contributed by atoms with Crippen molar-refractivity contribution in [3.05, 3.63) is 89.5 Å². The lowest BCUT2D eigenvalue weighted by Crippen LogP contribution is -2.08. The van der Waals surface area contributed by atoms with E-state index in [1.54, 1.807) is 25.1 Å². The van der Waals surface area contributed by atoms with Crippen LogP contribution in [-0.2, 0) is 4.74 Å². The highest BCUT2D eigenvalue weighted by Crippen LogP contribution is 2.32. The Hall–Kier alpha value is -3.60. The standard InChI is InChI=1S/C24H17F2NO2/c1-14-22(24(28)29-2)19-13-17(25)11-12-21(19)27-23(14)16-9-7-15(8-10-16)18-5-3-4-6-20(18)26/h3-13H,1-2H3. The summed E-state index contributed by atoms with van der Waals surface area (Å²) in [5.74, 6) is -1.30. The minimum atomic E-state index is -0.551. The van der Waals surface area contributed by atoms with Gasteiger partial charge in [-0.3, -0.25) is 0 Å². The number of hydrogen-bond donors (Lipinski definition) is 0. The third-order valence-electron chi connectivity index (χ3n) is 4.92. The van der Waals surface area contributed by atoms with E-state index in [2.05, 4.69) is 4.98 Å². The Kier molecular flexibility index (Phi) is 4.80. The first-order valence-electron chi connectivity index (χ1n) is 9.03. The number of methoxy groups -OCH3 is 1. The summed E-state index contributed by atoms with van der Waals surface area (Å²) in [7, 11) is 1.29.